The number of anilines is 2. The molecule has 1 aliphatic carbocycles. The predicted molar refractivity (Wildman–Crippen MR) is 117 cm³/mol. The van der Waals surface area contributed by atoms with Crippen LogP contribution in [0.1, 0.15) is 44.6 Å². The maximum Gasteiger partial charge on any atom is 0.262 e. The summed E-state index contributed by atoms with van der Waals surface area (Å²) in [5.41, 5.74) is 7.12. The monoisotopic (exact) mass is 417 g/mol. The van der Waals surface area contributed by atoms with E-state index in [1.807, 2.05) is 12.1 Å². The van der Waals surface area contributed by atoms with Gasteiger partial charge in [0.2, 0.25) is 0 Å². The van der Waals surface area contributed by atoms with Crippen LogP contribution in [0, 0.1) is 11.8 Å². The lowest BCUT2D eigenvalue weighted by Crippen LogP contribution is -2.27. The molecule has 6 nitrogen and oxygen atoms in total. The number of para-hydroxylation sites is 1. The SMILES string of the molecule is CC(CNCc1ccccc1NS(=O)(=O)c1ccc(N)c(O)c1)C1CCCCC1. The molecular weight excluding hydrogens is 386 g/mol. The maximum absolute atomic E-state index is 12.7. The van der Waals surface area contributed by atoms with Gasteiger partial charge >= 0.3 is 0 Å². The Morgan fingerprint density at radius 2 is 1.86 bits per heavy atom. The largest absolute Gasteiger partial charge is 0.506 e. The van der Waals surface area contributed by atoms with Crippen molar-refractivity contribution in [2.75, 3.05) is 17.0 Å². The Morgan fingerprint density at radius 3 is 2.59 bits per heavy atom. The first kappa shape index (κ1) is 21.5. The number of rotatable bonds is 8. The molecule has 0 radical (unpaired) electrons. The van der Waals surface area contributed by atoms with Crippen molar-refractivity contribution in [1.29, 1.82) is 0 Å². The summed E-state index contributed by atoms with van der Waals surface area (Å²) in [5, 5.41) is 13.2. The van der Waals surface area contributed by atoms with E-state index < -0.39 is 10.0 Å². The molecule has 2 aromatic rings. The average Bonchev–Trinajstić information content (AvgIpc) is 2.71. The Kier molecular flexibility index (Phi) is 7.03. The van der Waals surface area contributed by atoms with Crippen LogP contribution in [0.3, 0.4) is 0 Å². The standard InChI is InChI=1S/C22H31N3O3S/c1-16(17-7-3-2-4-8-17)14-24-15-18-9-5-6-10-21(18)25-29(27,28)19-11-12-20(23)22(26)13-19/h5-6,9-13,16-17,24-26H,2-4,7-8,14-15,23H2,1H3. The molecule has 0 saturated heterocycles. The van der Waals surface area contributed by atoms with E-state index in [1.165, 1.54) is 44.2 Å². The van der Waals surface area contributed by atoms with Gasteiger partial charge < -0.3 is 16.2 Å². The normalized spacial score (nSPS) is 16.4. The number of sulfonamides is 1. The fraction of sp³-hybridized carbons (Fsp3) is 0.455. The van der Waals surface area contributed by atoms with Gasteiger partial charge in [0.25, 0.3) is 10.0 Å². The molecule has 7 heteroatoms. The molecule has 0 spiro atoms. The number of nitrogens with two attached hydrogens (primary N) is 1. The van der Waals surface area contributed by atoms with Gasteiger partial charge in [0.15, 0.2) is 0 Å². The van der Waals surface area contributed by atoms with E-state index in [0.29, 0.717) is 18.2 Å². The Bertz CT molecular complexity index is 925. The summed E-state index contributed by atoms with van der Waals surface area (Å²) < 4.78 is 28.1. The molecule has 0 aliphatic heterocycles. The van der Waals surface area contributed by atoms with Crippen molar-refractivity contribution in [2.45, 2.75) is 50.5 Å². The van der Waals surface area contributed by atoms with Crippen molar-refractivity contribution in [3.63, 3.8) is 0 Å². The van der Waals surface area contributed by atoms with Crippen molar-refractivity contribution < 1.29 is 13.5 Å². The van der Waals surface area contributed by atoms with Crippen LogP contribution in [0.2, 0.25) is 0 Å². The third kappa shape index (κ3) is 5.64. The summed E-state index contributed by atoms with van der Waals surface area (Å²) in [5.74, 6) is 1.14. The predicted octanol–water partition coefficient (Wildman–Crippen LogP) is 4.08. The zero-order valence-corrected chi connectivity index (χ0v) is 17.7. The van der Waals surface area contributed by atoms with Crippen LogP contribution < -0.4 is 15.8 Å². The van der Waals surface area contributed by atoms with Gasteiger partial charge in [-0.1, -0.05) is 57.2 Å². The minimum absolute atomic E-state index is 0.0297. The molecule has 0 bridgehead atoms. The van der Waals surface area contributed by atoms with Gasteiger partial charge in [-0.2, -0.15) is 0 Å². The fourth-order valence-electron chi connectivity index (χ4n) is 3.97. The third-order valence-corrected chi connectivity index (χ3v) is 7.17. The number of hydrogen-bond donors (Lipinski definition) is 4. The molecule has 0 aromatic heterocycles. The average molecular weight is 418 g/mol. The van der Waals surface area contributed by atoms with E-state index >= 15 is 0 Å². The smallest absolute Gasteiger partial charge is 0.262 e. The lowest BCUT2D eigenvalue weighted by Gasteiger charge is -2.28. The molecular formula is C22H31N3O3S. The first-order chi connectivity index (χ1) is 13.9. The number of phenolic OH excluding ortho intramolecular Hbond substituents is 1. The van der Waals surface area contributed by atoms with Crippen LogP contribution in [0.5, 0.6) is 5.75 Å². The molecule has 1 aliphatic rings. The van der Waals surface area contributed by atoms with Crippen LogP contribution in [0.15, 0.2) is 47.4 Å². The van der Waals surface area contributed by atoms with E-state index in [0.717, 1.165) is 24.1 Å². The van der Waals surface area contributed by atoms with Crippen molar-refractivity contribution in [2.24, 2.45) is 11.8 Å². The number of nitrogens with one attached hydrogen (secondary N) is 2. The quantitative estimate of drug-likeness (QED) is 0.383. The maximum atomic E-state index is 12.7. The van der Waals surface area contributed by atoms with E-state index in [9.17, 15) is 13.5 Å². The van der Waals surface area contributed by atoms with E-state index in [1.54, 1.807) is 12.1 Å². The summed E-state index contributed by atoms with van der Waals surface area (Å²) in [6.07, 6.45) is 6.65. The van der Waals surface area contributed by atoms with Crippen LogP contribution in [0.4, 0.5) is 11.4 Å². The first-order valence-corrected chi connectivity index (χ1v) is 11.7. The summed E-state index contributed by atoms with van der Waals surface area (Å²) in [6.45, 7) is 3.80. The van der Waals surface area contributed by atoms with Gasteiger partial charge in [-0.15, -0.1) is 0 Å². The Morgan fingerprint density at radius 1 is 1.14 bits per heavy atom. The lowest BCUT2D eigenvalue weighted by atomic mass is 9.81. The molecule has 3 rings (SSSR count). The molecule has 2 aromatic carbocycles. The molecule has 5 N–H and O–H groups in total. The van der Waals surface area contributed by atoms with Crippen LogP contribution in [0.25, 0.3) is 0 Å². The highest BCUT2D eigenvalue weighted by molar-refractivity contribution is 7.92. The minimum Gasteiger partial charge on any atom is -0.506 e. The van der Waals surface area contributed by atoms with Gasteiger partial charge in [-0.25, -0.2) is 8.42 Å². The highest BCUT2D eigenvalue weighted by atomic mass is 32.2. The third-order valence-electron chi connectivity index (χ3n) is 5.81. The topological polar surface area (TPSA) is 104 Å². The molecule has 1 fully saturated rings. The second-order valence-corrected chi connectivity index (χ2v) is 9.67. The number of hydrogen-bond acceptors (Lipinski definition) is 5. The lowest BCUT2D eigenvalue weighted by molar-refractivity contribution is 0.256. The molecule has 1 saturated carbocycles. The van der Waals surface area contributed by atoms with Gasteiger partial charge in [0.1, 0.15) is 5.75 Å². The number of nitrogen functional groups attached to an aromatic ring is 1. The Hall–Kier alpha value is -2.25. The van der Waals surface area contributed by atoms with Gasteiger partial charge in [0, 0.05) is 12.6 Å². The van der Waals surface area contributed by atoms with E-state index in [4.69, 9.17) is 5.73 Å². The molecule has 29 heavy (non-hydrogen) atoms. The highest BCUT2D eigenvalue weighted by Gasteiger charge is 2.20. The zero-order chi connectivity index (χ0) is 20.9. The Balaban J connectivity index is 1.64. The molecule has 1 unspecified atom stereocenters. The van der Waals surface area contributed by atoms with E-state index in [2.05, 4.69) is 17.0 Å². The van der Waals surface area contributed by atoms with Gasteiger partial charge in [0.05, 0.1) is 16.3 Å². The summed E-state index contributed by atoms with van der Waals surface area (Å²) in [4.78, 5) is -0.0297. The van der Waals surface area contributed by atoms with Crippen molar-refractivity contribution in [1.82, 2.24) is 5.32 Å². The molecule has 1 atom stereocenters. The minimum atomic E-state index is -3.83. The van der Waals surface area contributed by atoms with Gasteiger partial charge in [-0.05, 0) is 42.1 Å². The van der Waals surface area contributed by atoms with Crippen molar-refractivity contribution >= 4 is 21.4 Å². The first-order valence-electron chi connectivity index (χ1n) is 10.3. The fourth-order valence-corrected chi connectivity index (χ4v) is 5.09. The molecule has 0 amide bonds. The zero-order valence-electron chi connectivity index (χ0n) is 16.9. The van der Waals surface area contributed by atoms with Gasteiger partial charge in [-0.3, -0.25) is 4.72 Å². The van der Waals surface area contributed by atoms with Crippen LogP contribution in [-0.2, 0) is 16.6 Å². The highest BCUT2D eigenvalue weighted by Crippen LogP contribution is 2.30. The second kappa shape index (κ2) is 9.50. The second-order valence-electron chi connectivity index (χ2n) is 7.99. The molecule has 0 heterocycles. The Labute approximate surface area is 173 Å². The molecule has 158 valence electrons. The van der Waals surface area contributed by atoms with Crippen LogP contribution >= 0.6 is 0 Å². The van der Waals surface area contributed by atoms with Crippen molar-refractivity contribution in [3.05, 3.63) is 48.0 Å². The summed E-state index contributed by atoms with van der Waals surface area (Å²) in [6, 6.07) is 11.3. The number of aromatic hydroxyl groups is 1. The number of benzene rings is 2. The van der Waals surface area contributed by atoms with Crippen LogP contribution in [-0.4, -0.2) is 20.1 Å². The van der Waals surface area contributed by atoms with E-state index in [-0.39, 0.29) is 16.3 Å². The van der Waals surface area contributed by atoms with Crippen molar-refractivity contribution in [3.8, 4) is 5.75 Å². The summed E-state index contributed by atoms with van der Waals surface area (Å²) in [7, 11) is -3.83. The summed E-state index contributed by atoms with van der Waals surface area (Å²) >= 11 is 0. The number of phenols is 1.